The highest BCUT2D eigenvalue weighted by atomic mass is 35.5. The highest BCUT2D eigenvalue weighted by molar-refractivity contribution is 7.92. The highest BCUT2D eigenvalue weighted by Gasteiger charge is 2.28. The minimum absolute atomic E-state index is 0.00723. The van der Waals surface area contributed by atoms with Crippen LogP contribution in [0, 0.1) is 0 Å². The average Bonchev–Trinajstić information content (AvgIpc) is 2.82. The lowest BCUT2D eigenvalue weighted by Gasteiger charge is -2.25. The molecule has 1 atom stereocenters. The molecule has 0 aromatic heterocycles. The van der Waals surface area contributed by atoms with Crippen molar-refractivity contribution in [2.24, 2.45) is 0 Å². The molecule has 0 unspecified atom stereocenters. The van der Waals surface area contributed by atoms with Crippen molar-refractivity contribution in [3.8, 4) is 11.5 Å². The quantitative estimate of drug-likeness (QED) is 0.423. The van der Waals surface area contributed by atoms with Crippen molar-refractivity contribution in [2.45, 2.75) is 17.9 Å². The van der Waals surface area contributed by atoms with Crippen LogP contribution in [-0.2, 0) is 14.8 Å². The molecule has 180 valence electrons. The molecular formula is C24H24Cl2N2O5S. The molecule has 10 heteroatoms. The molecule has 3 rings (SSSR count). The highest BCUT2D eigenvalue weighted by Crippen LogP contribution is 2.30. The minimum Gasteiger partial charge on any atom is -0.497 e. The number of nitrogens with one attached hydrogen (secondary N) is 1. The molecule has 0 aliphatic carbocycles. The van der Waals surface area contributed by atoms with E-state index in [1.54, 1.807) is 50.4 Å². The Morgan fingerprint density at radius 3 is 2.29 bits per heavy atom. The summed E-state index contributed by atoms with van der Waals surface area (Å²) in [4.78, 5) is 13.0. The average molecular weight is 523 g/mol. The van der Waals surface area contributed by atoms with E-state index in [2.05, 4.69) is 5.32 Å². The molecule has 0 heterocycles. The molecule has 7 nitrogen and oxygen atoms in total. The summed E-state index contributed by atoms with van der Waals surface area (Å²) in [6.07, 6.45) is 0. The predicted molar refractivity (Wildman–Crippen MR) is 134 cm³/mol. The van der Waals surface area contributed by atoms with E-state index in [0.717, 1.165) is 4.31 Å². The molecule has 0 radical (unpaired) electrons. The van der Waals surface area contributed by atoms with Gasteiger partial charge in [-0.15, -0.1) is 0 Å². The van der Waals surface area contributed by atoms with Gasteiger partial charge in [0.05, 0.1) is 30.8 Å². The van der Waals surface area contributed by atoms with E-state index < -0.39 is 28.5 Å². The van der Waals surface area contributed by atoms with Gasteiger partial charge in [-0.05, 0) is 67.6 Å². The molecule has 0 aliphatic heterocycles. The Balaban J connectivity index is 1.91. The number of sulfonamides is 1. The van der Waals surface area contributed by atoms with Gasteiger partial charge < -0.3 is 14.8 Å². The van der Waals surface area contributed by atoms with Gasteiger partial charge in [0.2, 0.25) is 5.91 Å². The molecule has 1 N–H and O–H groups in total. The molecule has 0 saturated heterocycles. The molecule has 0 spiro atoms. The van der Waals surface area contributed by atoms with Crippen LogP contribution in [-0.4, -0.2) is 35.1 Å². The van der Waals surface area contributed by atoms with Gasteiger partial charge in [-0.25, -0.2) is 8.42 Å². The monoisotopic (exact) mass is 522 g/mol. The summed E-state index contributed by atoms with van der Waals surface area (Å²) in [5.74, 6) is 0.645. The number of carbonyl (C=O) groups is 1. The molecule has 1 amide bonds. The maximum atomic E-state index is 13.5. The van der Waals surface area contributed by atoms with Crippen LogP contribution in [0.1, 0.15) is 18.5 Å². The van der Waals surface area contributed by atoms with Crippen LogP contribution in [0.3, 0.4) is 0 Å². The van der Waals surface area contributed by atoms with Crippen molar-refractivity contribution in [2.75, 3.05) is 25.1 Å². The van der Waals surface area contributed by atoms with Crippen molar-refractivity contribution < 1.29 is 22.7 Å². The van der Waals surface area contributed by atoms with Gasteiger partial charge in [-0.3, -0.25) is 9.10 Å². The van der Waals surface area contributed by atoms with E-state index in [0.29, 0.717) is 27.1 Å². The number of halogens is 2. The number of rotatable bonds is 9. The number of benzene rings is 3. The lowest BCUT2D eigenvalue weighted by Crippen LogP contribution is -2.41. The zero-order valence-electron chi connectivity index (χ0n) is 18.8. The van der Waals surface area contributed by atoms with Crippen molar-refractivity contribution in [1.29, 1.82) is 0 Å². The number of carbonyl (C=O) groups excluding carboxylic acids is 1. The number of methoxy groups -OCH3 is 2. The van der Waals surface area contributed by atoms with E-state index in [4.69, 9.17) is 32.7 Å². The molecule has 0 aliphatic rings. The van der Waals surface area contributed by atoms with Crippen LogP contribution in [0.4, 0.5) is 5.69 Å². The maximum absolute atomic E-state index is 13.5. The summed E-state index contributed by atoms with van der Waals surface area (Å²) in [7, 11) is -1.03. The van der Waals surface area contributed by atoms with Crippen LogP contribution < -0.4 is 19.1 Å². The fraction of sp³-hybridized carbons (Fsp3) is 0.208. The fourth-order valence-corrected chi connectivity index (χ4v) is 5.08. The van der Waals surface area contributed by atoms with Crippen LogP contribution in [0.2, 0.25) is 10.0 Å². The van der Waals surface area contributed by atoms with Crippen molar-refractivity contribution in [3.05, 3.63) is 82.3 Å². The lowest BCUT2D eigenvalue weighted by molar-refractivity contribution is -0.120. The molecular weight excluding hydrogens is 499 g/mol. The van der Waals surface area contributed by atoms with Gasteiger partial charge in [0.15, 0.2) is 0 Å². The summed E-state index contributed by atoms with van der Waals surface area (Å²) in [6, 6.07) is 16.8. The Labute approximate surface area is 209 Å². The van der Waals surface area contributed by atoms with Crippen molar-refractivity contribution in [1.82, 2.24) is 5.32 Å². The molecule has 34 heavy (non-hydrogen) atoms. The number of hydrogen-bond acceptors (Lipinski definition) is 5. The largest absolute Gasteiger partial charge is 0.497 e. The Kier molecular flexibility index (Phi) is 8.30. The Morgan fingerprint density at radius 1 is 0.971 bits per heavy atom. The number of amides is 1. The maximum Gasteiger partial charge on any atom is 0.264 e. The zero-order chi connectivity index (χ0) is 24.9. The van der Waals surface area contributed by atoms with Gasteiger partial charge in [0, 0.05) is 15.6 Å². The normalized spacial score (nSPS) is 12.0. The Morgan fingerprint density at radius 2 is 1.68 bits per heavy atom. The van der Waals surface area contributed by atoms with E-state index in [9.17, 15) is 13.2 Å². The lowest BCUT2D eigenvalue weighted by atomic mass is 10.1. The molecule has 0 saturated carbocycles. The summed E-state index contributed by atoms with van der Waals surface area (Å²) in [6.45, 7) is 1.30. The van der Waals surface area contributed by atoms with Crippen LogP contribution in [0.5, 0.6) is 11.5 Å². The fourth-order valence-electron chi connectivity index (χ4n) is 3.35. The third-order valence-corrected chi connectivity index (χ3v) is 7.34. The second-order valence-corrected chi connectivity index (χ2v) is 10.1. The Hall–Kier alpha value is -2.94. The number of hydrogen-bond donors (Lipinski definition) is 1. The second kappa shape index (κ2) is 11.0. The number of nitrogens with zero attached hydrogens (tertiary/aromatic N) is 1. The zero-order valence-corrected chi connectivity index (χ0v) is 21.1. The summed E-state index contributed by atoms with van der Waals surface area (Å²) < 4.78 is 38.6. The summed E-state index contributed by atoms with van der Waals surface area (Å²) >= 11 is 12.0. The minimum atomic E-state index is -4.10. The molecule has 3 aromatic rings. The van der Waals surface area contributed by atoms with Gasteiger partial charge in [-0.1, -0.05) is 29.3 Å². The number of anilines is 1. The van der Waals surface area contributed by atoms with E-state index >= 15 is 0 Å². The van der Waals surface area contributed by atoms with E-state index in [1.807, 2.05) is 0 Å². The van der Waals surface area contributed by atoms with Crippen LogP contribution >= 0.6 is 23.2 Å². The first-order valence-electron chi connectivity index (χ1n) is 10.2. The summed E-state index contributed by atoms with van der Waals surface area (Å²) in [5.41, 5.74) is 0.939. The van der Waals surface area contributed by atoms with Gasteiger partial charge >= 0.3 is 0 Å². The third kappa shape index (κ3) is 5.94. The van der Waals surface area contributed by atoms with Crippen LogP contribution in [0.25, 0.3) is 0 Å². The second-order valence-electron chi connectivity index (χ2n) is 7.34. The molecule has 3 aromatic carbocycles. The molecule has 0 bridgehead atoms. The first-order valence-corrected chi connectivity index (χ1v) is 12.4. The SMILES string of the molecule is COc1ccc(OC)c([C@@H](C)NC(=O)CN(c2cccc(Cl)c2)S(=O)(=O)c2ccc(Cl)cc2)c1. The van der Waals surface area contributed by atoms with Crippen molar-refractivity contribution in [3.63, 3.8) is 0 Å². The van der Waals surface area contributed by atoms with Crippen LogP contribution in [0.15, 0.2) is 71.6 Å². The van der Waals surface area contributed by atoms with Gasteiger partial charge in [-0.2, -0.15) is 0 Å². The Bertz CT molecular complexity index is 1270. The first-order chi connectivity index (χ1) is 16.1. The predicted octanol–water partition coefficient (Wildman–Crippen LogP) is 5.08. The standard InChI is InChI=1S/C24H24Cl2N2O5S/c1-16(22-14-20(32-2)9-12-23(22)33-3)27-24(29)15-28(19-6-4-5-18(26)13-19)34(30,31)21-10-7-17(25)8-11-21/h4-14,16H,15H2,1-3H3,(H,27,29)/t16-/m1/s1. The van der Waals surface area contributed by atoms with Crippen molar-refractivity contribution >= 4 is 44.8 Å². The molecule has 0 fully saturated rings. The summed E-state index contributed by atoms with van der Waals surface area (Å²) in [5, 5.41) is 3.57. The first kappa shape index (κ1) is 25.7. The third-order valence-electron chi connectivity index (χ3n) is 5.07. The van der Waals surface area contributed by atoms with E-state index in [1.165, 1.54) is 37.4 Å². The number of ether oxygens (including phenoxy) is 2. The van der Waals surface area contributed by atoms with E-state index in [-0.39, 0.29) is 10.6 Å². The van der Waals surface area contributed by atoms with Gasteiger partial charge in [0.1, 0.15) is 18.0 Å². The van der Waals surface area contributed by atoms with Gasteiger partial charge in [0.25, 0.3) is 10.0 Å². The smallest absolute Gasteiger partial charge is 0.264 e. The topological polar surface area (TPSA) is 84.9 Å².